The number of benzene rings is 1. The fraction of sp³-hybridized carbons (Fsp3) is 0.208. The Morgan fingerprint density at radius 3 is 2.63 bits per heavy atom. The van der Waals surface area contributed by atoms with Gasteiger partial charge in [0.15, 0.2) is 5.82 Å². The maximum atomic E-state index is 14.2. The van der Waals surface area contributed by atoms with Crippen molar-refractivity contribution < 1.29 is 13.2 Å². The highest BCUT2D eigenvalue weighted by molar-refractivity contribution is 5.82. The molecule has 176 valence electrons. The van der Waals surface area contributed by atoms with E-state index in [1.54, 1.807) is 23.7 Å². The van der Waals surface area contributed by atoms with E-state index in [4.69, 9.17) is 0 Å². The minimum atomic E-state index is -2.75. The SMILES string of the molecule is Cn1cnnc1-c1cc(F)ccc1-c1cc(C2CC2)nc(-n2cnc3cc(C(F)F)[nH]c3c2=O)c1. The second-order valence-electron chi connectivity index (χ2n) is 8.57. The molecule has 8 nitrogen and oxygen atoms in total. The van der Waals surface area contributed by atoms with Gasteiger partial charge in [-0.1, -0.05) is 6.07 Å². The van der Waals surface area contributed by atoms with Crippen molar-refractivity contribution in [1.82, 2.24) is 34.3 Å². The Bertz CT molecular complexity index is 1650. The van der Waals surface area contributed by atoms with Gasteiger partial charge < -0.3 is 9.55 Å². The van der Waals surface area contributed by atoms with Gasteiger partial charge in [0.05, 0.1) is 11.2 Å². The summed E-state index contributed by atoms with van der Waals surface area (Å²) < 4.78 is 43.4. The van der Waals surface area contributed by atoms with E-state index < -0.39 is 17.8 Å². The number of halogens is 3. The molecule has 0 unspecified atom stereocenters. The summed E-state index contributed by atoms with van der Waals surface area (Å²) in [6, 6.07) is 9.19. The van der Waals surface area contributed by atoms with Crippen molar-refractivity contribution in [3.63, 3.8) is 0 Å². The summed E-state index contributed by atoms with van der Waals surface area (Å²) in [4.78, 5) is 24.5. The standard InChI is InChI=1S/C24H18F3N7O/c1-33-11-29-32-23(33)16-8-14(25)4-5-15(16)13-6-17(12-2-3-12)30-20(7-13)34-10-28-18-9-19(22(26)27)31-21(18)24(34)35/h4-12,22,31H,2-3H2,1H3. The third-order valence-corrected chi connectivity index (χ3v) is 6.12. The van der Waals surface area contributed by atoms with Crippen LogP contribution < -0.4 is 5.56 Å². The predicted octanol–water partition coefficient (Wildman–Crippen LogP) is 4.53. The van der Waals surface area contributed by atoms with Crippen molar-refractivity contribution in [1.29, 1.82) is 0 Å². The number of nitrogens with one attached hydrogen (secondary N) is 1. The summed E-state index contributed by atoms with van der Waals surface area (Å²) >= 11 is 0. The molecular formula is C24H18F3N7O. The molecule has 1 aliphatic rings. The summed E-state index contributed by atoms with van der Waals surface area (Å²) in [5.74, 6) is 0.605. The normalized spacial score (nSPS) is 13.7. The number of hydrogen-bond donors (Lipinski definition) is 1. The van der Waals surface area contributed by atoms with Gasteiger partial charge in [-0.25, -0.2) is 27.7 Å². The van der Waals surface area contributed by atoms with E-state index in [0.717, 1.165) is 24.6 Å². The van der Waals surface area contributed by atoms with Crippen LogP contribution in [0, 0.1) is 5.82 Å². The number of alkyl halides is 2. The van der Waals surface area contributed by atoms with E-state index >= 15 is 0 Å². The van der Waals surface area contributed by atoms with Crippen molar-refractivity contribution >= 4 is 11.0 Å². The molecule has 1 saturated carbocycles. The maximum Gasteiger partial charge on any atom is 0.283 e. The lowest BCUT2D eigenvalue weighted by Crippen LogP contribution is -2.20. The highest BCUT2D eigenvalue weighted by atomic mass is 19.3. The average Bonchev–Trinajstić information content (AvgIpc) is 3.45. The largest absolute Gasteiger partial charge is 0.348 e. The molecule has 1 N–H and O–H groups in total. The summed E-state index contributed by atoms with van der Waals surface area (Å²) in [5.41, 5.74) is 1.95. The summed E-state index contributed by atoms with van der Waals surface area (Å²) in [5, 5.41) is 8.03. The van der Waals surface area contributed by atoms with E-state index in [0.29, 0.717) is 28.3 Å². The molecular weight excluding hydrogens is 459 g/mol. The molecule has 0 amide bonds. The van der Waals surface area contributed by atoms with Crippen LogP contribution in [0.5, 0.6) is 0 Å². The van der Waals surface area contributed by atoms with Gasteiger partial charge in [0.2, 0.25) is 0 Å². The summed E-state index contributed by atoms with van der Waals surface area (Å²) in [6.07, 6.45) is 2.00. The molecule has 4 heterocycles. The van der Waals surface area contributed by atoms with Crippen LogP contribution in [0.1, 0.15) is 36.6 Å². The molecule has 5 aromatic rings. The van der Waals surface area contributed by atoms with Crippen molar-refractivity contribution in [2.45, 2.75) is 25.2 Å². The van der Waals surface area contributed by atoms with Gasteiger partial charge in [-0.05, 0) is 54.3 Å². The Morgan fingerprint density at radius 2 is 1.91 bits per heavy atom. The van der Waals surface area contributed by atoms with Crippen molar-refractivity contribution in [3.8, 4) is 28.3 Å². The van der Waals surface area contributed by atoms with Gasteiger partial charge in [0, 0.05) is 24.2 Å². The molecule has 0 saturated heterocycles. The number of hydrogen-bond acceptors (Lipinski definition) is 5. The Kier molecular flexibility index (Phi) is 4.80. The van der Waals surface area contributed by atoms with Crippen molar-refractivity contribution in [3.05, 3.63) is 76.6 Å². The fourth-order valence-corrected chi connectivity index (χ4v) is 4.19. The fourth-order valence-electron chi connectivity index (χ4n) is 4.19. The molecule has 0 radical (unpaired) electrons. The molecule has 0 atom stereocenters. The molecule has 0 bridgehead atoms. The van der Waals surface area contributed by atoms with E-state index in [1.807, 2.05) is 6.07 Å². The van der Waals surface area contributed by atoms with Gasteiger partial charge in [0.25, 0.3) is 12.0 Å². The molecule has 0 spiro atoms. The third kappa shape index (κ3) is 3.69. The molecule has 1 aromatic carbocycles. The third-order valence-electron chi connectivity index (χ3n) is 6.12. The molecule has 1 aliphatic carbocycles. The molecule has 0 aliphatic heterocycles. The quantitative estimate of drug-likeness (QED) is 0.402. The first-order chi connectivity index (χ1) is 16.9. The Balaban J connectivity index is 1.56. The summed E-state index contributed by atoms with van der Waals surface area (Å²) in [7, 11) is 1.77. The van der Waals surface area contributed by atoms with Crippen LogP contribution in [0.25, 0.3) is 39.4 Å². The number of nitrogens with zero attached hydrogens (tertiary/aromatic N) is 6. The molecule has 4 aromatic heterocycles. The van der Waals surface area contributed by atoms with Gasteiger partial charge in [-0.2, -0.15) is 0 Å². The smallest absolute Gasteiger partial charge is 0.283 e. The van der Waals surface area contributed by atoms with Crippen LogP contribution in [0.15, 0.2) is 53.8 Å². The Morgan fingerprint density at radius 1 is 1.09 bits per heavy atom. The van der Waals surface area contributed by atoms with E-state index in [-0.39, 0.29) is 22.6 Å². The van der Waals surface area contributed by atoms with Gasteiger partial charge in [-0.3, -0.25) is 4.79 Å². The molecule has 6 rings (SSSR count). The van der Waals surface area contributed by atoms with Crippen LogP contribution in [0.4, 0.5) is 13.2 Å². The first-order valence-electron chi connectivity index (χ1n) is 10.9. The van der Waals surface area contributed by atoms with Crippen LogP contribution >= 0.6 is 0 Å². The molecule has 1 fully saturated rings. The highest BCUT2D eigenvalue weighted by Crippen LogP contribution is 2.41. The first-order valence-corrected chi connectivity index (χ1v) is 10.9. The number of pyridine rings is 1. The topological polar surface area (TPSA) is 94.3 Å². The maximum absolute atomic E-state index is 14.2. The van der Waals surface area contributed by atoms with Crippen LogP contribution in [-0.2, 0) is 7.05 Å². The zero-order valence-corrected chi connectivity index (χ0v) is 18.4. The van der Waals surface area contributed by atoms with Crippen LogP contribution in [0.3, 0.4) is 0 Å². The van der Waals surface area contributed by atoms with Crippen molar-refractivity contribution in [2.75, 3.05) is 0 Å². The van der Waals surface area contributed by atoms with Gasteiger partial charge in [-0.15, -0.1) is 10.2 Å². The summed E-state index contributed by atoms with van der Waals surface area (Å²) in [6.45, 7) is 0. The second-order valence-corrected chi connectivity index (χ2v) is 8.57. The average molecular weight is 477 g/mol. The lowest BCUT2D eigenvalue weighted by molar-refractivity contribution is 0.147. The number of aromatic nitrogens is 7. The van der Waals surface area contributed by atoms with Gasteiger partial charge >= 0.3 is 0 Å². The van der Waals surface area contributed by atoms with E-state index in [2.05, 4.69) is 25.1 Å². The lowest BCUT2D eigenvalue weighted by Gasteiger charge is -2.13. The van der Waals surface area contributed by atoms with Crippen molar-refractivity contribution in [2.24, 2.45) is 7.05 Å². The second kappa shape index (κ2) is 7.90. The van der Waals surface area contributed by atoms with Crippen LogP contribution in [-0.4, -0.2) is 34.3 Å². The zero-order valence-electron chi connectivity index (χ0n) is 18.4. The van der Waals surface area contributed by atoms with E-state index in [1.165, 1.54) is 29.4 Å². The van der Waals surface area contributed by atoms with Gasteiger partial charge in [0.1, 0.15) is 29.8 Å². The predicted molar refractivity (Wildman–Crippen MR) is 122 cm³/mol. The number of aryl methyl sites for hydroxylation is 1. The Labute approximate surface area is 196 Å². The number of aromatic amines is 1. The first kappa shape index (κ1) is 21.3. The van der Waals surface area contributed by atoms with E-state index in [9.17, 15) is 18.0 Å². The Hall–Kier alpha value is -4.28. The lowest BCUT2D eigenvalue weighted by atomic mass is 9.98. The number of rotatable bonds is 5. The monoisotopic (exact) mass is 477 g/mol. The number of fused-ring (bicyclic) bond motifs is 1. The van der Waals surface area contributed by atoms with Crippen LogP contribution in [0.2, 0.25) is 0 Å². The zero-order chi connectivity index (χ0) is 24.3. The minimum Gasteiger partial charge on any atom is -0.348 e. The minimum absolute atomic E-state index is 0.0236. The number of H-pyrrole nitrogens is 1. The molecule has 35 heavy (non-hydrogen) atoms. The molecule has 11 heteroatoms. The highest BCUT2D eigenvalue weighted by Gasteiger charge is 2.27.